The first-order chi connectivity index (χ1) is 14.2. The predicted molar refractivity (Wildman–Crippen MR) is 114 cm³/mol. The van der Waals surface area contributed by atoms with E-state index in [1.807, 2.05) is 24.3 Å². The second-order valence-corrected chi connectivity index (χ2v) is 7.27. The van der Waals surface area contributed by atoms with Crippen LogP contribution in [0.5, 0.6) is 0 Å². The van der Waals surface area contributed by atoms with Gasteiger partial charge in [0, 0.05) is 44.3 Å². The van der Waals surface area contributed by atoms with Gasteiger partial charge in [-0.3, -0.25) is 4.79 Å². The Labute approximate surface area is 170 Å². The van der Waals surface area contributed by atoms with Crippen LogP contribution in [0.25, 0.3) is 10.8 Å². The van der Waals surface area contributed by atoms with E-state index in [4.69, 9.17) is 0 Å². The Bertz CT molecular complexity index is 997. The molecule has 6 heteroatoms. The van der Waals surface area contributed by atoms with Crippen LogP contribution in [0.3, 0.4) is 0 Å². The van der Waals surface area contributed by atoms with Gasteiger partial charge in [-0.2, -0.15) is 0 Å². The quantitative estimate of drug-likeness (QED) is 0.723. The first kappa shape index (κ1) is 19.3. The Hall–Kier alpha value is -2.99. The Balaban J connectivity index is 1.56. The van der Waals surface area contributed by atoms with Crippen molar-refractivity contribution in [3.8, 4) is 0 Å². The number of nitrogens with zero attached hydrogens (tertiary/aromatic N) is 3. The van der Waals surface area contributed by atoms with Crippen LogP contribution >= 0.6 is 0 Å². The van der Waals surface area contributed by atoms with Crippen molar-refractivity contribution in [2.75, 3.05) is 37.6 Å². The van der Waals surface area contributed by atoms with Crippen LogP contribution in [-0.2, 0) is 6.54 Å². The zero-order valence-corrected chi connectivity index (χ0v) is 16.6. The third kappa shape index (κ3) is 4.22. The molecule has 5 nitrogen and oxygen atoms in total. The van der Waals surface area contributed by atoms with Crippen molar-refractivity contribution in [1.29, 1.82) is 0 Å². The maximum atomic E-state index is 13.1. The molecule has 0 bridgehead atoms. The fourth-order valence-electron chi connectivity index (χ4n) is 3.77. The van der Waals surface area contributed by atoms with E-state index >= 15 is 0 Å². The number of benzene rings is 2. The number of piperazine rings is 1. The minimum absolute atomic E-state index is 0.180. The van der Waals surface area contributed by atoms with Gasteiger partial charge in [0.2, 0.25) is 0 Å². The van der Waals surface area contributed by atoms with E-state index in [-0.39, 0.29) is 11.7 Å². The van der Waals surface area contributed by atoms with E-state index in [1.54, 1.807) is 18.3 Å². The summed E-state index contributed by atoms with van der Waals surface area (Å²) in [5.74, 6) is 0.470. The SMILES string of the molecule is CCN1CCN(c2ncc(C(=O)NCc3ccc(F)cc3)c3ccccc23)CC1. The van der Waals surface area contributed by atoms with Crippen molar-refractivity contribution in [1.82, 2.24) is 15.2 Å². The number of fused-ring (bicyclic) bond motifs is 1. The fourth-order valence-corrected chi connectivity index (χ4v) is 3.77. The molecular formula is C23H25FN4O. The molecule has 150 valence electrons. The minimum atomic E-state index is -0.286. The number of aromatic nitrogens is 1. The summed E-state index contributed by atoms with van der Waals surface area (Å²) in [6, 6.07) is 14.1. The van der Waals surface area contributed by atoms with Crippen molar-refractivity contribution in [3.63, 3.8) is 0 Å². The summed E-state index contributed by atoms with van der Waals surface area (Å²) in [5, 5.41) is 4.81. The summed E-state index contributed by atoms with van der Waals surface area (Å²) in [6.07, 6.45) is 1.67. The number of carbonyl (C=O) groups excluding carboxylic acids is 1. The molecule has 0 atom stereocenters. The molecule has 1 fully saturated rings. The molecule has 0 spiro atoms. The number of anilines is 1. The van der Waals surface area contributed by atoms with Gasteiger partial charge in [-0.25, -0.2) is 9.37 Å². The van der Waals surface area contributed by atoms with Gasteiger partial charge >= 0.3 is 0 Å². The van der Waals surface area contributed by atoms with Gasteiger partial charge < -0.3 is 15.1 Å². The number of rotatable bonds is 5. The van der Waals surface area contributed by atoms with E-state index in [9.17, 15) is 9.18 Å². The topological polar surface area (TPSA) is 48.5 Å². The van der Waals surface area contributed by atoms with Crippen LogP contribution in [0.1, 0.15) is 22.8 Å². The molecule has 1 aliphatic heterocycles. The molecule has 1 saturated heterocycles. The molecule has 3 aromatic rings. The lowest BCUT2D eigenvalue weighted by atomic mass is 10.1. The monoisotopic (exact) mass is 392 g/mol. The molecule has 2 heterocycles. The number of hydrogen-bond donors (Lipinski definition) is 1. The lowest BCUT2D eigenvalue weighted by Gasteiger charge is -2.35. The second kappa shape index (κ2) is 8.57. The summed E-state index contributed by atoms with van der Waals surface area (Å²) in [6.45, 7) is 7.49. The summed E-state index contributed by atoms with van der Waals surface area (Å²) in [7, 11) is 0. The average Bonchev–Trinajstić information content (AvgIpc) is 2.78. The van der Waals surface area contributed by atoms with E-state index in [2.05, 4.69) is 27.0 Å². The molecule has 29 heavy (non-hydrogen) atoms. The molecule has 0 saturated carbocycles. The van der Waals surface area contributed by atoms with Crippen molar-refractivity contribution >= 4 is 22.5 Å². The van der Waals surface area contributed by atoms with Gasteiger partial charge in [0.25, 0.3) is 5.91 Å². The van der Waals surface area contributed by atoms with Crippen molar-refractivity contribution < 1.29 is 9.18 Å². The number of nitrogens with one attached hydrogen (secondary N) is 1. The molecule has 0 radical (unpaired) electrons. The third-order valence-corrected chi connectivity index (χ3v) is 5.50. The maximum absolute atomic E-state index is 13.1. The van der Waals surface area contributed by atoms with Crippen LogP contribution in [0, 0.1) is 5.82 Å². The molecule has 0 unspecified atom stereocenters. The summed E-state index contributed by atoms with van der Waals surface area (Å²) in [5.41, 5.74) is 1.40. The predicted octanol–water partition coefficient (Wildman–Crippen LogP) is 3.45. The Morgan fingerprint density at radius 3 is 2.41 bits per heavy atom. The van der Waals surface area contributed by atoms with Gasteiger partial charge in [-0.05, 0) is 29.6 Å². The number of pyridine rings is 1. The van der Waals surface area contributed by atoms with Crippen molar-refractivity contribution in [2.45, 2.75) is 13.5 Å². The van der Waals surface area contributed by atoms with Crippen molar-refractivity contribution in [2.24, 2.45) is 0 Å². The van der Waals surface area contributed by atoms with Crippen LogP contribution in [0.4, 0.5) is 10.2 Å². The van der Waals surface area contributed by atoms with Gasteiger partial charge in [0.15, 0.2) is 0 Å². The summed E-state index contributed by atoms with van der Waals surface area (Å²) < 4.78 is 13.1. The molecule has 0 aliphatic carbocycles. The normalized spacial score (nSPS) is 14.9. The number of carbonyl (C=O) groups is 1. The van der Waals surface area contributed by atoms with Gasteiger partial charge in [0.1, 0.15) is 11.6 Å². The number of hydrogen-bond acceptors (Lipinski definition) is 4. The van der Waals surface area contributed by atoms with Crippen molar-refractivity contribution in [3.05, 3.63) is 71.7 Å². The maximum Gasteiger partial charge on any atom is 0.253 e. The number of amides is 1. The smallest absolute Gasteiger partial charge is 0.253 e. The summed E-state index contributed by atoms with van der Waals surface area (Å²) >= 11 is 0. The zero-order chi connectivity index (χ0) is 20.2. The molecule has 1 aromatic heterocycles. The highest BCUT2D eigenvalue weighted by Crippen LogP contribution is 2.28. The number of halogens is 1. The Kier molecular flexibility index (Phi) is 5.71. The second-order valence-electron chi connectivity index (χ2n) is 7.27. The highest BCUT2D eigenvalue weighted by atomic mass is 19.1. The Morgan fingerprint density at radius 1 is 1.03 bits per heavy atom. The largest absolute Gasteiger partial charge is 0.354 e. The Morgan fingerprint density at radius 2 is 1.72 bits per heavy atom. The lowest BCUT2D eigenvalue weighted by molar-refractivity contribution is 0.0952. The van der Waals surface area contributed by atoms with E-state index in [0.717, 1.165) is 54.9 Å². The number of likely N-dealkylation sites (N-methyl/N-ethyl adjacent to an activating group) is 1. The molecule has 1 aliphatic rings. The highest BCUT2D eigenvalue weighted by molar-refractivity contribution is 6.09. The van der Waals surface area contributed by atoms with Crippen LogP contribution in [-0.4, -0.2) is 48.5 Å². The van der Waals surface area contributed by atoms with E-state index in [1.165, 1.54) is 12.1 Å². The van der Waals surface area contributed by atoms with Crippen LogP contribution in [0.2, 0.25) is 0 Å². The highest BCUT2D eigenvalue weighted by Gasteiger charge is 2.20. The lowest BCUT2D eigenvalue weighted by Crippen LogP contribution is -2.46. The molecule has 4 rings (SSSR count). The fraction of sp³-hybridized carbons (Fsp3) is 0.304. The third-order valence-electron chi connectivity index (χ3n) is 5.50. The van der Waals surface area contributed by atoms with Gasteiger partial charge in [0.05, 0.1) is 5.56 Å². The van der Waals surface area contributed by atoms with Crippen LogP contribution < -0.4 is 10.2 Å². The molecular weight excluding hydrogens is 367 g/mol. The van der Waals surface area contributed by atoms with E-state index in [0.29, 0.717) is 12.1 Å². The standard InChI is InChI=1S/C23H25FN4O/c1-2-27-11-13-28(14-12-27)22-20-6-4-3-5-19(20)21(16-25-22)23(29)26-15-17-7-9-18(24)10-8-17/h3-10,16H,2,11-15H2,1H3,(H,26,29). The van der Waals surface area contributed by atoms with Gasteiger partial charge in [-0.15, -0.1) is 0 Å². The molecule has 1 amide bonds. The zero-order valence-electron chi connectivity index (χ0n) is 16.6. The van der Waals surface area contributed by atoms with Gasteiger partial charge in [-0.1, -0.05) is 43.3 Å². The molecule has 2 aromatic carbocycles. The van der Waals surface area contributed by atoms with Crippen LogP contribution in [0.15, 0.2) is 54.7 Å². The molecule has 1 N–H and O–H groups in total. The first-order valence-corrected chi connectivity index (χ1v) is 10.0. The average molecular weight is 392 g/mol. The first-order valence-electron chi connectivity index (χ1n) is 10.0. The van der Waals surface area contributed by atoms with E-state index < -0.39 is 0 Å². The minimum Gasteiger partial charge on any atom is -0.354 e. The summed E-state index contributed by atoms with van der Waals surface area (Å²) in [4.78, 5) is 22.2.